The van der Waals surface area contributed by atoms with Gasteiger partial charge in [0.2, 0.25) is 5.24 Å². The number of hydrogen-bond donors (Lipinski definition) is 0. The minimum atomic E-state index is -0.399. The molecule has 0 fully saturated rings. The predicted molar refractivity (Wildman–Crippen MR) is 66.0 cm³/mol. The average molecular weight is 316 g/mol. The van der Waals surface area contributed by atoms with Gasteiger partial charge in [0.1, 0.15) is 0 Å². The van der Waals surface area contributed by atoms with Crippen LogP contribution in [0.25, 0.3) is 5.69 Å². The third-order valence-corrected chi connectivity index (χ3v) is 2.72. The Hall–Kier alpha value is -1.27. The molecule has 7 heteroatoms. The van der Waals surface area contributed by atoms with Gasteiger partial charge in [-0.15, -0.1) is 15.0 Å². The van der Waals surface area contributed by atoms with Crippen LogP contribution in [0.1, 0.15) is 12.2 Å². The molecule has 0 bridgehead atoms. The first kappa shape index (κ1) is 12.2. The van der Waals surface area contributed by atoms with E-state index in [9.17, 15) is 4.79 Å². The van der Waals surface area contributed by atoms with Gasteiger partial charge in [-0.3, -0.25) is 4.79 Å². The molecule has 1 aromatic heterocycles. The molecule has 2 rings (SSSR count). The molecule has 0 unspecified atom stereocenters. The zero-order valence-electron chi connectivity index (χ0n) is 8.68. The first-order chi connectivity index (χ1) is 8.15. The van der Waals surface area contributed by atoms with Gasteiger partial charge in [-0.25, -0.2) is 0 Å². The minimum absolute atomic E-state index is 0.214. The number of rotatable bonds is 4. The van der Waals surface area contributed by atoms with Crippen molar-refractivity contribution in [2.24, 2.45) is 0 Å². The van der Waals surface area contributed by atoms with E-state index in [-0.39, 0.29) is 6.42 Å². The van der Waals surface area contributed by atoms with Crippen LogP contribution in [0.5, 0.6) is 0 Å². The molecule has 0 spiro atoms. The first-order valence-electron chi connectivity index (χ1n) is 4.88. The highest BCUT2D eigenvalue weighted by Gasteiger charge is 2.06. The molecule has 0 aliphatic heterocycles. The SMILES string of the molecule is O=C(Cl)CCc1nnn(-c2cccc(Br)c2)n1. The summed E-state index contributed by atoms with van der Waals surface area (Å²) >= 11 is 8.61. The summed E-state index contributed by atoms with van der Waals surface area (Å²) < 4.78 is 0.935. The second-order valence-electron chi connectivity index (χ2n) is 3.33. The normalized spacial score (nSPS) is 10.5. The van der Waals surface area contributed by atoms with E-state index in [4.69, 9.17) is 11.6 Å². The molecule has 0 aliphatic carbocycles. The molecule has 0 N–H and O–H groups in total. The molecule has 0 aliphatic rings. The second kappa shape index (κ2) is 5.37. The molecule has 0 saturated heterocycles. The largest absolute Gasteiger partial charge is 0.281 e. The second-order valence-corrected chi connectivity index (χ2v) is 4.67. The van der Waals surface area contributed by atoms with Crippen LogP contribution < -0.4 is 0 Å². The van der Waals surface area contributed by atoms with E-state index in [1.807, 2.05) is 24.3 Å². The van der Waals surface area contributed by atoms with E-state index in [2.05, 4.69) is 31.3 Å². The maximum atomic E-state index is 10.6. The Morgan fingerprint density at radius 3 is 3.00 bits per heavy atom. The standard InChI is InChI=1S/C10H8BrClN4O/c11-7-2-1-3-8(6-7)16-14-10(13-15-16)5-4-9(12)17/h1-3,6H,4-5H2. The van der Waals surface area contributed by atoms with Crippen LogP contribution in [-0.4, -0.2) is 25.4 Å². The fourth-order valence-corrected chi connectivity index (χ4v) is 1.74. The van der Waals surface area contributed by atoms with Crippen molar-refractivity contribution < 1.29 is 4.79 Å². The summed E-state index contributed by atoms with van der Waals surface area (Å²) in [4.78, 5) is 12.0. The summed E-state index contributed by atoms with van der Waals surface area (Å²) in [6.07, 6.45) is 0.613. The Morgan fingerprint density at radius 2 is 2.29 bits per heavy atom. The zero-order chi connectivity index (χ0) is 12.3. The van der Waals surface area contributed by atoms with Gasteiger partial charge in [0, 0.05) is 17.3 Å². The monoisotopic (exact) mass is 314 g/mol. The smallest absolute Gasteiger partial charge is 0.222 e. The molecular weight excluding hydrogens is 307 g/mol. The summed E-state index contributed by atoms with van der Waals surface area (Å²) in [6, 6.07) is 7.53. The number of carbonyl (C=O) groups excluding carboxylic acids is 1. The quantitative estimate of drug-likeness (QED) is 0.811. The van der Waals surface area contributed by atoms with Crippen LogP contribution in [0.3, 0.4) is 0 Å². The lowest BCUT2D eigenvalue weighted by Crippen LogP contribution is -1.99. The van der Waals surface area contributed by atoms with Crippen molar-refractivity contribution in [2.45, 2.75) is 12.8 Å². The molecule has 2 aromatic rings. The van der Waals surface area contributed by atoms with E-state index in [0.29, 0.717) is 12.2 Å². The molecule has 0 amide bonds. The van der Waals surface area contributed by atoms with Gasteiger partial charge in [0.05, 0.1) is 5.69 Å². The number of carbonyl (C=O) groups is 1. The molecule has 0 saturated carbocycles. The number of halogens is 2. The Bertz CT molecular complexity index is 543. The number of aromatic nitrogens is 4. The molecule has 17 heavy (non-hydrogen) atoms. The molecule has 1 heterocycles. The number of hydrogen-bond acceptors (Lipinski definition) is 4. The van der Waals surface area contributed by atoms with Gasteiger partial charge >= 0.3 is 0 Å². The van der Waals surface area contributed by atoms with Gasteiger partial charge < -0.3 is 0 Å². The van der Waals surface area contributed by atoms with Crippen molar-refractivity contribution in [3.63, 3.8) is 0 Å². The third-order valence-electron chi connectivity index (χ3n) is 2.04. The van der Waals surface area contributed by atoms with E-state index < -0.39 is 5.24 Å². The number of benzene rings is 1. The Balaban J connectivity index is 2.15. The Morgan fingerprint density at radius 1 is 1.47 bits per heavy atom. The number of aryl methyl sites for hydroxylation is 1. The van der Waals surface area contributed by atoms with Crippen molar-refractivity contribution in [3.05, 3.63) is 34.6 Å². The van der Waals surface area contributed by atoms with Crippen molar-refractivity contribution in [1.82, 2.24) is 20.2 Å². The van der Waals surface area contributed by atoms with E-state index in [1.165, 1.54) is 4.80 Å². The maximum Gasteiger partial charge on any atom is 0.222 e. The lowest BCUT2D eigenvalue weighted by Gasteiger charge is -1.97. The van der Waals surface area contributed by atoms with Crippen LogP contribution >= 0.6 is 27.5 Å². The van der Waals surface area contributed by atoms with Gasteiger partial charge in [-0.1, -0.05) is 22.0 Å². The lowest BCUT2D eigenvalue weighted by molar-refractivity contribution is -0.111. The molecular formula is C10H8BrClN4O. The summed E-state index contributed by atoms with van der Waals surface area (Å²) in [5.41, 5.74) is 0.801. The molecule has 0 atom stereocenters. The van der Waals surface area contributed by atoms with Crippen LogP contribution in [0.4, 0.5) is 0 Å². The number of nitrogens with zero attached hydrogens (tertiary/aromatic N) is 4. The van der Waals surface area contributed by atoms with E-state index in [0.717, 1.165) is 10.2 Å². The highest BCUT2D eigenvalue weighted by Crippen LogP contribution is 2.13. The Kier molecular flexibility index (Phi) is 3.86. The van der Waals surface area contributed by atoms with Crippen molar-refractivity contribution in [1.29, 1.82) is 0 Å². The zero-order valence-corrected chi connectivity index (χ0v) is 11.0. The fraction of sp³-hybridized carbons (Fsp3) is 0.200. The molecule has 1 aromatic carbocycles. The molecule has 88 valence electrons. The third kappa shape index (κ3) is 3.34. The highest BCUT2D eigenvalue weighted by molar-refractivity contribution is 9.10. The molecule has 5 nitrogen and oxygen atoms in total. The number of tetrazole rings is 1. The minimum Gasteiger partial charge on any atom is -0.281 e. The van der Waals surface area contributed by atoms with Crippen LogP contribution in [0.15, 0.2) is 28.7 Å². The van der Waals surface area contributed by atoms with Crippen molar-refractivity contribution in [2.75, 3.05) is 0 Å². The van der Waals surface area contributed by atoms with Crippen molar-refractivity contribution in [3.8, 4) is 5.69 Å². The van der Waals surface area contributed by atoms with Gasteiger partial charge in [-0.05, 0) is 35.0 Å². The van der Waals surface area contributed by atoms with Crippen LogP contribution in [0.2, 0.25) is 0 Å². The van der Waals surface area contributed by atoms with E-state index in [1.54, 1.807) is 0 Å². The van der Waals surface area contributed by atoms with Crippen LogP contribution in [0, 0.1) is 0 Å². The Labute approximate surface area is 111 Å². The highest BCUT2D eigenvalue weighted by atomic mass is 79.9. The van der Waals surface area contributed by atoms with Gasteiger partial charge in [0.15, 0.2) is 5.82 Å². The van der Waals surface area contributed by atoms with Crippen molar-refractivity contribution >= 4 is 32.8 Å². The topological polar surface area (TPSA) is 60.7 Å². The van der Waals surface area contributed by atoms with Gasteiger partial charge in [0.25, 0.3) is 0 Å². The predicted octanol–water partition coefficient (Wildman–Crippen LogP) is 2.12. The van der Waals surface area contributed by atoms with E-state index >= 15 is 0 Å². The van der Waals surface area contributed by atoms with Gasteiger partial charge in [-0.2, -0.15) is 0 Å². The summed E-state index contributed by atoms with van der Waals surface area (Å²) in [5, 5.41) is 11.5. The summed E-state index contributed by atoms with van der Waals surface area (Å²) in [7, 11) is 0. The average Bonchev–Trinajstić information content (AvgIpc) is 2.75. The molecule has 0 radical (unpaired) electrons. The first-order valence-corrected chi connectivity index (χ1v) is 6.05. The maximum absolute atomic E-state index is 10.6. The fourth-order valence-electron chi connectivity index (χ4n) is 1.26. The lowest BCUT2D eigenvalue weighted by atomic mass is 10.3. The summed E-state index contributed by atoms with van der Waals surface area (Å²) in [5.74, 6) is 0.499. The summed E-state index contributed by atoms with van der Waals surface area (Å²) in [6.45, 7) is 0. The van der Waals surface area contributed by atoms with Crippen LogP contribution in [-0.2, 0) is 11.2 Å².